The number of aliphatic hydroxyl groups excluding tert-OH is 7. The molecular formula is C34H34O18. The van der Waals surface area contributed by atoms with Crippen LogP contribution in [0, 0.1) is 0 Å². The minimum absolute atomic E-state index is 0.0813. The molecule has 52 heavy (non-hydrogen) atoms. The Balaban J connectivity index is 1.32. The number of carbonyl (C=O) groups excluding carboxylic acids is 1. The Morgan fingerprint density at radius 1 is 0.731 bits per heavy atom. The molecule has 10 atom stereocenters. The molecule has 2 aliphatic rings. The van der Waals surface area contributed by atoms with Gasteiger partial charge in [-0.25, -0.2) is 4.79 Å². The Morgan fingerprint density at radius 3 is 2.04 bits per heavy atom. The molecule has 18 nitrogen and oxygen atoms in total. The maximum Gasteiger partial charge on any atom is 0.338 e. The van der Waals surface area contributed by atoms with Gasteiger partial charge >= 0.3 is 5.97 Å². The fourth-order valence-corrected chi connectivity index (χ4v) is 6.03. The predicted octanol–water partition coefficient (Wildman–Crippen LogP) is -1.16. The van der Waals surface area contributed by atoms with Crippen LogP contribution < -0.4 is 10.2 Å². The van der Waals surface area contributed by atoms with Crippen LogP contribution in [-0.4, -0.2) is 130 Å². The zero-order valence-electron chi connectivity index (χ0n) is 26.7. The van der Waals surface area contributed by atoms with E-state index in [0.717, 1.165) is 18.2 Å². The van der Waals surface area contributed by atoms with Gasteiger partial charge in [-0.1, -0.05) is 0 Å². The zero-order chi connectivity index (χ0) is 37.6. The van der Waals surface area contributed by atoms with E-state index in [9.17, 15) is 65.8 Å². The van der Waals surface area contributed by atoms with Gasteiger partial charge in [0.25, 0.3) is 0 Å². The molecule has 3 aromatic carbocycles. The summed E-state index contributed by atoms with van der Waals surface area (Å²) in [4.78, 5) is 26.4. The van der Waals surface area contributed by atoms with E-state index in [1.54, 1.807) is 0 Å². The maximum absolute atomic E-state index is 13.4. The molecule has 10 unspecified atom stereocenters. The number of esters is 1. The lowest BCUT2D eigenvalue weighted by Crippen LogP contribution is -2.60. The van der Waals surface area contributed by atoms with Gasteiger partial charge in [-0.2, -0.15) is 0 Å². The van der Waals surface area contributed by atoms with Crippen molar-refractivity contribution in [3.63, 3.8) is 0 Å². The second-order valence-corrected chi connectivity index (χ2v) is 12.2. The summed E-state index contributed by atoms with van der Waals surface area (Å²) in [5, 5.41) is 113. The second-order valence-electron chi connectivity index (χ2n) is 12.2. The minimum Gasteiger partial charge on any atom is -0.508 e. The first-order valence-electron chi connectivity index (χ1n) is 15.7. The van der Waals surface area contributed by atoms with Gasteiger partial charge in [0.05, 0.1) is 24.3 Å². The molecule has 18 heteroatoms. The van der Waals surface area contributed by atoms with Crippen molar-refractivity contribution in [1.82, 2.24) is 0 Å². The van der Waals surface area contributed by atoms with Crippen molar-refractivity contribution in [2.75, 3.05) is 13.2 Å². The molecule has 0 bridgehead atoms. The normalized spacial score (nSPS) is 29.1. The Morgan fingerprint density at radius 2 is 1.38 bits per heavy atom. The van der Waals surface area contributed by atoms with Gasteiger partial charge in [-0.05, 0) is 42.5 Å². The Labute approximate surface area is 291 Å². The number of carbonyl (C=O) groups is 1. The molecule has 0 spiro atoms. The summed E-state index contributed by atoms with van der Waals surface area (Å²) >= 11 is 0. The van der Waals surface area contributed by atoms with Gasteiger partial charge in [-0.3, -0.25) is 4.79 Å². The third kappa shape index (κ3) is 6.70. The van der Waals surface area contributed by atoms with E-state index >= 15 is 0 Å². The maximum atomic E-state index is 13.4. The Hall–Kier alpha value is -5.02. The number of phenolic OH excluding ortho intramolecular Hbond substituents is 4. The molecule has 2 fully saturated rings. The molecule has 1 aromatic heterocycles. The first kappa shape index (κ1) is 36.8. The van der Waals surface area contributed by atoms with Crippen molar-refractivity contribution in [2.45, 2.75) is 61.2 Å². The van der Waals surface area contributed by atoms with Crippen molar-refractivity contribution in [2.24, 2.45) is 0 Å². The monoisotopic (exact) mass is 730 g/mol. The van der Waals surface area contributed by atoms with Gasteiger partial charge in [-0.15, -0.1) is 0 Å². The van der Waals surface area contributed by atoms with Crippen LogP contribution in [0.2, 0.25) is 0 Å². The van der Waals surface area contributed by atoms with Crippen LogP contribution >= 0.6 is 0 Å². The molecule has 4 aromatic rings. The number of aromatic hydroxyl groups is 4. The highest BCUT2D eigenvalue weighted by atomic mass is 16.7. The van der Waals surface area contributed by atoms with E-state index in [4.69, 9.17) is 23.4 Å². The first-order valence-corrected chi connectivity index (χ1v) is 15.7. The molecule has 3 heterocycles. The van der Waals surface area contributed by atoms with Crippen molar-refractivity contribution in [1.29, 1.82) is 0 Å². The van der Waals surface area contributed by atoms with E-state index < -0.39 is 114 Å². The van der Waals surface area contributed by atoms with Crippen LogP contribution in [0.5, 0.6) is 28.7 Å². The number of ether oxygens (including phenoxy) is 4. The lowest BCUT2D eigenvalue weighted by Gasteiger charge is -2.42. The topological polar surface area (TPSA) is 307 Å². The number of aliphatic hydroxyl groups is 7. The van der Waals surface area contributed by atoms with Gasteiger partial charge < -0.3 is 79.5 Å². The van der Waals surface area contributed by atoms with Crippen molar-refractivity contribution >= 4 is 16.9 Å². The van der Waals surface area contributed by atoms with Crippen LogP contribution in [0.4, 0.5) is 0 Å². The van der Waals surface area contributed by atoms with Crippen LogP contribution in [0.15, 0.2) is 63.8 Å². The molecule has 2 aliphatic heterocycles. The van der Waals surface area contributed by atoms with Crippen molar-refractivity contribution < 1.29 is 84.3 Å². The predicted molar refractivity (Wildman–Crippen MR) is 171 cm³/mol. The summed E-state index contributed by atoms with van der Waals surface area (Å²) in [7, 11) is 0. The molecule has 6 rings (SSSR count). The summed E-state index contributed by atoms with van der Waals surface area (Å²) in [6, 6.07) is 10.3. The molecule has 2 saturated heterocycles. The van der Waals surface area contributed by atoms with Gasteiger partial charge in [0, 0.05) is 17.7 Å². The van der Waals surface area contributed by atoms with Crippen LogP contribution in [0.1, 0.15) is 22.0 Å². The lowest BCUT2D eigenvalue weighted by molar-refractivity contribution is -0.277. The molecule has 0 aliphatic carbocycles. The molecular weight excluding hydrogens is 696 g/mol. The van der Waals surface area contributed by atoms with Crippen molar-refractivity contribution in [3.8, 4) is 40.1 Å². The van der Waals surface area contributed by atoms with E-state index in [1.165, 1.54) is 36.4 Å². The summed E-state index contributed by atoms with van der Waals surface area (Å²) in [6.45, 7) is -1.55. The highest BCUT2D eigenvalue weighted by Gasteiger charge is 2.49. The summed E-state index contributed by atoms with van der Waals surface area (Å²) in [5.74, 6) is -3.88. The quantitative estimate of drug-likeness (QED) is 0.0953. The molecule has 278 valence electrons. The fourth-order valence-electron chi connectivity index (χ4n) is 6.03. The van der Waals surface area contributed by atoms with Crippen LogP contribution in [0.25, 0.3) is 22.3 Å². The molecule has 0 amide bonds. The SMILES string of the molecule is O=C(OC1C(c2c(O)cc3oc(-c4ccc(OC5OC(CO)C(O)C(O)C5O)c(O)c4)cc(=O)c3c2O)OC(CO)C(O)C1O)c1ccc(O)cc1. The number of hydrogen-bond donors (Lipinski definition) is 11. The number of hydrogen-bond acceptors (Lipinski definition) is 18. The third-order valence-corrected chi connectivity index (χ3v) is 8.84. The van der Waals surface area contributed by atoms with Crippen LogP contribution in [-0.2, 0) is 14.2 Å². The van der Waals surface area contributed by atoms with Crippen LogP contribution in [0.3, 0.4) is 0 Å². The van der Waals surface area contributed by atoms with Gasteiger partial charge in [0.15, 0.2) is 23.0 Å². The highest BCUT2D eigenvalue weighted by Crippen LogP contribution is 2.46. The average molecular weight is 731 g/mol. The number of benzene rings is 3. The first-order chi connectivity index (χ1) is 24.7. The van der Waals surface area contributed by atoms with E-state index in [2.05, 4.69) is 0 Å². The molecule has 11 N–H and O–H groups in total. The summed E-state index contributed by atoms with van der Waals surface area (Å²) < 4.78 is 27.7. The summed E-state index contributed by atoms with van der Waals surface area (Å²) in [6.07, 6.45) is -16.8. The van der Waals surface area contributed by atoms with Gasteiger partial charge in [0.2, 0.25) is 6.29 Å². The van der Waals surface area contributed by atoms with E-state index in [-0.39, 0.29) is 34.0 Å². The lowest BCUT2D eigenvalue weighted by atomic mass is 9.89. The smallest absolute Gasteiger partial charge is 0.338 e. The van der Waals surface area contributed by atoms with E-state index in [0.29, 0.717) is 0 Å². The number of fused-ring (bicyclic) bond motifs is 1. The zero-order valence-corrected chi connectivity index (χ0v) is 26.7. The fraction of sp³-hybridized carbons (Fsp3) is 0.353. The molecule has 0 radical (unpaired) electrons. The largest absolute Gasteiger partial charge is 0.508 e. The number of phenols is 4. The summed E-state index contributed by atoms with van der Waals surface area (Å²) in [5.41, 5.74) is -1.78. The highest BCUT2D eigenvalue weighted by molar-refractivity contribution is 5.90. The third-order valence-electron chi connectivity index (χ3n) is 8.84. The van der Waals surface area contributed by atoms with Gasteiger partial charge in [0.1, 0.15) is 82.8 Å². The average Bonchev–Trinajstić information content (AvgIpc) is 3.11. The Kier molecular flexibility index (Phi) is 10.3. The Bertz CT molecular complexity index is 1990. The minimum atomic E-state index is -1.93. The van der Waals surface area contributed by atoms with E-state index in [1.807, 2.05) is 0 Å². The second kappa shape index (κ2) is 14.5. The van der Waals surface area contributed by atoms with Crippen molar-refractivity contribution in [3.05, 3.63) is 75.9 Å². The number of rotatable bonds is 8. The standard InChI is InChI=1S/C34H34O18/c35-10-21-26(42)29(45)32(52-33(47)12-1-4-14(37)5-2-12)31(49-21)24-17(40)9-20-23(27(24)43)16(39)8-19(48-20)13-3-6-18(15(38)7-13)50-34-30(46)28(44)25(41)22(11-36)51-34/h1-9,21-22,25-26,28-32,34-38,40-46H,10-11H2. The molecule has 0 saturated carbocycles.